The number of hydrogen-bond donors (Lipinski definition) is 1. The van der Waals surface area contributed by atoms with E-state index >= 15 is 0 Å². The quantitative estimate of drug-likeness (QED) is 0.857. The molecule has 2 heterocycles. The summed E-state index contributed by atoms with van der Waals surface area (Å²) in [6.07, 6.45) is 3.52. The van der Waals surface area contributed by atoms with Crippen molar-refractivity contribution in [2.75, 3.05) is 6.54 Å². The molecule has 0 amide bonds. The van der Waals surface area contributed by atoms with Crippen LogP contribution in [0, 0.1) is 0 Å². The van der Waals surface area contributed by atoms with Gasteiger partial charge in [-0.1, -0.05) is 13.0 Å². The third-order valence-electron chi connectivity index (χ3n) is 3.78. The van der Waals surface area contributed by atoms with Gasteiger partial charge in [-0.15, -0.1) is 0 Å². The fourth-order valence-electron chi connectivity index (χ4n) is 2.77. The number of aryl methyl sites for hydroxylation is 2. The van der Waals surface area contributed by atoms with E-state index in [4.69, 9.17) is 4.98 Å². The predicted octanol–water partition coefficient (Wildman–Crippen LogP) is 2.56. The van der Waals surface area contributed by atoms with Crippen LogP contribution in [0.4, 0.5) is 0 Å². The van der Waals surface area contributed by atoms with Gasteiger partial charge in [-0.25, -0.2) is 4.98 Å². The molecular weight excluding hydrogens is 210 g/mol. The molecule has 1 saturated heterocycles. The summed E-state index contributed by atoms with van der Waals surface area (Å²) in [6.45, 7) is 3.30. The first-order valence-electron chi connectivity index (χ1n) is 6.48. The number of nitrogens with one attached hydrogen (secondary N) is 1. The van der Waals surface area contributed by atoms with E-state index in [9.17, 15) is 0 Å². The molecule has 0 aliphatic carbocycles. The third kappa shape index (κ3) is 1.75. The van der Waals surface area contributed by atoms with Crippen molar-refractivity contribution in [2.45, 2.75) is 32.2 Å². The molecule has 0 saturated carbocycles. The summed E-state index contributed by atoms with van der Waals surface area (Å²) in [5, 5.41) is 3.54. The molecule has 90 valence electrons. The Labute approximate surface area is 102 Å². The van der Waals surface area contributed by atoms with Gasteiger partial charge in [0.2, 0.25) is 0 Å². The second-order valence-electron chi connectivity index (χ2n) is 4.84. The van der Waals surface area contributed by atoms with Crippen LogP contribution in [-0.2, 0) is 13.5 Å². The second kappa shape index (κ2) is 4.15. The summed E-state index contributed by atoms with van der Waals surface area (Å²) in [5.74, 6) is 1.16. The minimum atomic E-state index is 0.534. The number of nitrogens with zero attached hydrogens (tertiary/aromatic N) is 2. The molecule has 1 N–H and O–H groups in total. The highest BCUT2D eigenvalue weighted by molar-refractivity contribution is 5.77. The van der Waals surface area contributed by atoms with E-state index in [0.717, 1.165) is 24.3 Å². The SMILES string of the molecule is CCc1nc2cc(C3CCCN3)ccc2n1C. The van der Waals surface area contributed by atoms with Crippen LogP contribution in [-0.4, -0.2) is 16.1 Å². The van der Waals surface area contributed by atoms with E-state index in [1.54, 1.807) is 0 Å². The minimum absolute atomic E-state index is 0.534. The largest absolute Gasteiger partial charge is 0.331 e. The van der Waals surface area contributed by atoms with Gasteiger partial charge in [0, 0.05) is 19.5 Å². The molecule has 0 spiro atoms. The predicted molar refractivity (Wildman–Crippen MR) is 70.1 cm³/mol. The van der Waals surface area contributed by atoms with Crippen LogP contribution in [0.2, 0.25) is 0 Å². The molecule has 3 nitrogen and oxygen atoms in total. The number of rotatable bonds is 2. The first-order valence-corrected chi connectivity index (χ1v) is 6.48. The molecule has 3 heteroatoms. The van der Waals surface area contributed by atoms with Crippen molar-refractivity contribution in [2.24, 2.45) is 7.05 Å². The van der Waals surface area contributed by atoms with Gasteiger partial charge in [0.05, 0.1) is 11.0 Å². The van der Waals surface area contributed by atoms with Crippen LogP contribution in [0.3, 0.4) is 0 Å². The van der Waals surface area contributed by atoms with Crippen LogP contribution < -0.4 is 5.32 Å². The summed E-state index contributed by atoms with van der Waals surface area (Å²) in [6, 6.07) is 7.23. The first kappa shape index (κ1) is 10.8. The Bertz CT molecular complexity index is 536. The zero-order valence-corrected chi connectivity index (χ0v) is 10.5. The molecule has 3 rings (SSSR count). The van der Waals surface area contributed by atoms with Crippen molar-refractivity contribution in [3.8, 4) is 0 Å². The zero-order valence-electron chi connectivity index (χ0n) is 10.5. The maximum absolute atomic E-state index is 4.70. The Balaban J connectivity index is 2.06. The van der Waals surface area contributed by atoms with Gasteiger partial charge < -0.3 is 9.88 Å². The van der Waals surface area contributed by atoms with Crippen LogP contribution in [0.25, 0.3) is 11.0 Å². The van der Waals surface area contributed by atoms with Gasteiger partial charge in [-0.3, -0.25) is 0 Å². The van der Waals surface area contributed by atoms with E-state index in [2.05, 4.69) is 42.1 Å². The normalized spacial score (nSPS) is 20.2. The lowest BCUT2D eigenvalue weighted by molar-refractivity contribution is 0.648. The zero-order chi connectivity index (χ0) is 11.8. The van der Waals surface area contributed by atoms with Gasteiger partial charge in [0.1, 0.15) is 5.82 Å². The van der Waals surface area contributed by atoms with Crippen molar-refractivity contribution in [3.63, 3.8) is 0 Å². The van der Waals surface area contributed by atoms with Crippen molar-refractivity contribution in [1.29, 1.82) is 0 Å². The van der Waals surface area contributed by atoms with E-state index in [0.29, 0.717) is 6.04 Å². The van der Waals surface area contributed by atoms with Gasteiger partial charge in [-0.2, -0.15) is 0 Å². The standard InChI is InChI=1S/C14H19N3/c1-3-14-16-12-9-10(11-5-4-8-15-11)6-7-13(12)17(14)2/h6-7,9,11,15H,3-5,8H2,1-2H3. The number of aromatic nitrogens is 2. The van der Waals surface area contributed by atoms with E-state index < -0.39 is 0 Å². The summed E-state index contributed by atoms with van der Waals surface area (Å²) in [5.41, 5.74) is 3.76. The number of imidazole rings is 1. The smallest absolute Gasteiger partial charge is 0.109 e. The molecule has 1 unspecified atom stereocenters. The Morgan fingerprint density at radius 2 is 2.35 bits per heavy atom. The maximum atomic E-state index is 4.70. The van der Waals surface area contributed by atoms with Crippen molar-refractivity contribution >= 4 is 11.0 Å². The van der Waals surface area contributed by atoms with Crippen molar-refractivity contribution in [3.05, 3.63) is 29.6 Å². The molecule has 1 aliphatic heterocycles. The molecule has 1 aromatic heterocycles. The molecule has 17 heavy (non-hydrogen) atoms. The lowest BCUT2D eigenvalue weighted by Gasteiger charge is -2.10. The first-order chi connectivity index (χ1) is 8.29. The number of benzene rings is 1. The van der Waals surface area contributed by atoms with Gasteiger partial charge in [-0.05, 0) is 37.1 Å². The van der Waals surface area contributed by atoms with Crippen LogP contribution in [0.5, 0.6) is 0 Å². The summed E-state index contributed by atoms with van der Waals surface area (Å²) < 4.78 is 2.20. The fraction of sp³-hybridized carbons (Fsp3) is 0.500. The highest BCUT2D eigenvalue weighted by Gasteiger charge is 2.17. The molecule has 1 aromatic carbocycles. The lowest BCUT2D eigenvalue weighted by atomic mass is 10.0. The summed E-state index contributed by atoms with van der Waals surface area (Å²) >= 11 is 0. The monoisotopic (exact) mass is 229 g/mol. The highest BCUT2D eigenvalue weighted by Crippen LogP contribution is 2.26. The van der Waals surface area contributed by atoms with Gasteiger partial charge >= 0.3 is 0 Å². The number of hydrogen-bond acceptors (Lipinski definition) is 2. The molecule has 1 atom stereocenters. The Morgan fingerprint density at radius 3 is 3.06 bits per heavy atom. The molecule has 1 fully saturated rings. The van der Waals surface area contributed by atoms with Crippen LogP contribution in [0.15, 0.2) is 18.2 Å². The lowest BCUT2D eigenvalue weighted by Crippen LogP contribution is -2.12. The second-order valence-corrected chi connectivity index (χ2v) is 4.84. The summed E-state index contributed by atoms with van der Waals surface area (Å²) in [4.78, 5) is 4.70. The molecule has 0 radical (unpaired) electrons. The van der Waals surface area contributed by atoms with E-state index in [-0.39, 0.29) is 0 Å². The molecule has 1 aliphatic rings. The van der Waals surface area contributed by atoms with Gasteiger partial charge in [0.25, 0.3) is 0 Å². The Morgan fingerprint density at radius 1 is 1.47 bits per heavy atom. The molecule has 0 bridgehead atoms. The van der Waals surface area contributed by atoms with Crippen LogP contribution in [0.1, 0.15) is 37.2 Å². The average molecular weight is 229 g/mol. The third-order valence-corrected chi connectivity index (χ3v) is 3.78. The Hall–Kier alpha value is -1.35. The van der Waals surface area contributed by atoms with Crippen molar-refractivity contribution in [1.82, 2.24) is 14.9 Å². The minimum Gasteiger partial charge on any atom is -0.331 e. The van der Waals surface area contributed by atoms with Crippen molar-refractivity contribution < 1.29 is 0 Å². The number of fused-ring (bicyclic) bond motifs is 1. The average Bonchev–Trinajstić information content (AvgIpc) is 2.97. The fourth-order valence-corrected chi connectivity index (χ4v) is 2.77. The molecular formula is C14H19N3. The van der Waals surface area contributed by atoms with Gasteiger partial charge in [0.15, 0.2) is 0 Å². The van der Waals surface area contributed by atoms with E-state index in [1.807, 2.05) is 0 Å². The summed E-state index contributed by atoms with van der Waals surface area (Å²) in [7, 11) is 2.10. The van der Waals surface area contributed by atoms with Crippen LogP contribution >= 0.6 is 0 Å². The maximum Gasteiger partial charge on any atom is 0.109 e. The van der Waals surface area contributed by atoms with E-state index in [1.165, 1.54) is 23.9 Å². The topological polar surface area (TPSA) is 29.9 Å². The highest BCUT2D eigenvalue weighted by atomic mass is 15.1. The molecule has 2 aromatic rings. The Kier molecular flexibility index (Phi) is 2.63.